The molecule has 2 unspecified atom stereocenters. The lowest BCUT2D eigenvalue weighted by atomic mass is 10.0. The van der Waals surface area contributed by atoms with Crippen molar-refractivity contribution in [3.8, 4) is 0 Å². The third kappa shape index (κ3) is 4.78. The number of halogens is 1. The van der Waals surface area contributed by atoms with Crippen molar-refractivity contribution in [1.29, 1.82) is 0 Å². The number of aliphatic hydroxyl groups excluding tert-OH is 1. The standard InChI is InChI=1S/C14H22BrNO/c1-3-13(9-10-17)16-14(4-2)11-5-7-12(15)8-6-11/h5-8,13-14,16-17H,3-4,9-10H2,1-2H3. The summed E-state index contributed by atoms with van der Waals surface area (Å²) in [7, 11) is 0. The Hall–Kier alpha value is -0.380. The maximum Gasteiger partial charge on any atom is 0.0445 e. The van der Waals surface area contributed by atoms with E-state index in [0.717, 1.165) is 23.7 Å². The lowest BCUT2D eigenvalue weighted by molar-refractivity contribution is 0.254. The number of nitrogens with one attached hydrogen (secondary N) is 1. The summed E-state index contributed by atoms with van der Waals surface area (Å²) in [5.74, 6) is 0. The Morgan fingerprint density at radius 3 is 2.29 bits per heavy atom. The van der Waals surface area contributed by atoms with Gasteiger partial charge in [0.1, 0.15) is 0 Å². The number of rotatable bonds is 7. The summed E-state index contributed by atoms with van der Waals surface area (Å²) in [6, 6.07) is 9.22. The zero-order chi connectivity index (χ0) is 12.7. The Morgan fingerprint density at radius 1 is 1.18 bits per heavy atom. The van der Waals surface area contributed by atoms with Crippen LogP contribution in [0.25, 0.3) is 0 Å². The van der Waals surface area contributed by atoms with Crippen LogP contribution in [0.5, 0.6) is 0 Å². The van der Waals surface area contributed by atoms with Crippen molar-refractivity contribution in [2.75, 3.05) is 6.61 Å². The third-order valence-corrected chi connectivity index (χ3v) is 3.62. The van der Waals surface area contributed by atoms with Gasteiger partial charge >= 0.3 is 0 Å². The molecule has 0 bridgehead atoms. The van der Waals surface area contributed by atoms with Gasteiger partial charge in [0.2, 0.25) is 0 Å². The van der Waals surface area contributed by atoms with E-state index >= 15 is 0 Å². The fourth-order valence-electron chi connectivity index (χ4n) is 1.99. The summed E-state index contributed by atoms with van der Waals surface area (Å²) in [5.41, 5.74) is 1.31. The lowest BCUT2D eigenvalue weighted by Crippen LogP contribution is -2.32. The maximum absolute atomic E-state index is 9.01. The number of benzene rings is 1. The molecule has 0 aliphatic heterocycles. The van der Waals surface area contributed by atoms with E-state index < -0.39 is 0 Å². The van der Waals surface area contributed by atoms with Crippen molar-refractivity contribution in [2.45, 2.75) is 45.2 Å². The molecular formula is C14H22BrNO. The zero-order valence-electron chi connectivity index (χ0n) is 10.6. The molecule has 1 aromatic carbocycles. The van der Waals surface area contributed by atoms with Crippen molar-refractivity contribution in [1.82, 2.24) is 5.32 Å². The highest BCUT2D eigenvalue weighted by Crippen LogP contribution is 2.20. The van der Waals surface area contributed by atoms with Gasteiger partial charge in [-0.3, -0.25) is 0 Å². The fraction of sp³-hybridized carbons (Fsp3) is 0.571. The van der Waals surface area contributed by atoms with Gasteiger partial charge in [-0.05, 0) is 37.0 Å². The minimum Gasteiger partial charge on any atom is -0.396 e. The number of aliphatic hydroxyl groups is 1. The topological polar surface area (TPSA) is 32.3 Å². The van der Waals surface area contributed by atoms with Gasteiger partial charge in [0.05, 0.1) is 0 Å². The summed E-state index contributed by atoms with van der Waals surface area (Å²) in [6.45, 7) is 4.59. The van der Waals surface area contributed by atoms with Crippen LogP contribution in [0.3, 0.4) is 0 Å². The molecular weight excluding hydrogens is 278 g/mol. The molecule has 0 amide bonds. The third-order valence-electron chi connectivity index (χ3n) is 3.09. The van der Waals surface area contributed by atoms with Crippen molar-refractivity contribution >= 4 is 15.9 Å². The predicted molar refractivity (Wildman–Crippen MR) is 76.1 cm³/mol. The Labute approximate surface area is 113 Å². The second-order valence-corrected chi connectivity index (χ2v) is 5.21. The average Bonchev–Trinajstić information content (AvgIpc) is 2.36. The Morgan fingerprint density at radius 2 is 1.82 bits per heavy atom. The molecule has 96 valence electrons. The fourth-order valence-corrected chi connectivity index (χ4v) is 2.25. The quantitative estimate of drug-likeness (QED) is 0.805. The molecule has 0 spiro atoms. The molecule has 2 N–H and O–H groups in total. The van der Waals surface area contributed by atoms with Crippen molar-refractivity contribution in [3.63, 3.8) is 0 Å². The molecule has 0 radical (unpaired) electrons. The minimum absolute atomic E-state index is 0.252. The van der Waals surface area contributed by atoms with Crippen molar-refractivity contribution in [2.24, 2.45) is 0 Å². The maximum atomic E-state index is 9.01. The zero-order valence-corrected chi connectivity index (χ0v) is 12.2. The summed E-state index contributed by atoms with van der Waals surface area (Å²) in [6.07, 6.45) is 2.93. The van der Waals surface area contributed by atoms with Crippen LogP contribution in [0.1, 0.15) is 44.7 Å². The Bertz CT molecular complexity index is 313. The SMILES string of the molecule is CCC(CCO)NC(CC)c1ccc(Br)cc1. The summed E-state index contributed by atoms with van der Waals surface area (Å²) < 4.78 is 1.11. The van der Waals surface area contributed by atoms with E-state index in [0.29, 0.717) is 12.1 Å². The first kappa shape index (κ1) is 14.7. The first-order valence-electron chi connectivity index (χ1n) is 6.33. The van der Waals surface area contributed by atoms with E-state index in [-0.39, 0.29) is 6.61 Å². The lowest BCUT2D eigenvalue weighted by Gasteiger charge is -2.24. The number of hydrogen-bond donors (Lipinski definition) is 2. The molecule has 1 aromatic rings. The second kappa shape index (κ2) is 7.85. The van der Waals surface area contributed by atoms with Crippen LogP contribution in [0.4, 0.5) is 0 Å². The first-order valence-corrected chi connectivity index (χ1v) is 7.12. The molecule has 2 atom stereocenters. The van der Waals surface area contributed by atoms with Crippen LogP contribution >= 0.6 is 15.9 Å². The molecule has 0 heterocycles. The van der Waals surface area contributed by atoms with Gasteiger partial charge in [-0.25, -0.2) is 0 Å². The molecule has 0 saturated heterocycles. The summed E-state index contributed by atoms with van der Waals surface area (Å²) >= 11 is 3.45. The van der Waals surface area contributed by atoms with Gasteiger partial charge in [0.25, 0.3) is 0 Å². The van der Waals surface area contributed by atoms with Crippen molar-refractivity contribution < 1.29 is 5.11 Å². The van der Waals surface area contributed by atoms with Crippen LogP contribution in [-0.4, -0.2) is 17.8 Å². The summed E-state index contributed by atoms with van der Waals surface area (Å²) in [5, 5.41) is 12.6. The van der Waals surface area contributed by atoms with E-state index in [2.05, 4.69) is 59.4 Å². The molecule has 0 aliphatic rings. The molecule has 1 rings (SSSR count). The molecule has 0 saturated carbocycles. The van der Waals surface area contributed by atoms with Gasteiger partial charge in [0.15, 0.2) is 0 Å². The molecule has 0 aromatic heterocycles. The molecule has 3 heteroatoms. The van der Waals surface area contributed by atoms with Crippen LogP contribution in [0, 0.1) is 0 Å². The largest absolute Gasteiger partial charge is 0.396 e. The van der Waals surface area contributed by atoms with E-state index in [9.17, 15) is 0 Å². The highest BCUT2D eigenvalue weighted by Gasteiger charge is 2.13. The molecule has 17 heavy (non-hydrogen) atoms. The predicted octanol–water partition coefficient (Wildman–Crippen LogP) is 3.65. The number of hydrogen-bond acceptors (Lipinski definition) is 2. The van der Waals surface area contributed by atoms with Gasteiger partial charge in [-0.1, -0.05) is 41.9 Å². The van der Waals surface area contributed by atoms with Gasteiger partial charge < -0.3 is 10.4 Å². The van der Waals surface area contributed by atoms with Crippen LogP contribution < -0.4 is 5.32 Å². The smallest absolute Gasteiger partial charge is 0.0445 e. The molecule has 2 nitrogen and oxygen atoms in total. The minimum atomic E-state index is 0.252. The molecule has 0 fully saturated rings. The van der Waals surface area contributed by atoms with E-state index in [1.165, 1.54) is 5.56 Å². The van der Waals surface area contributed by atoms with E-state index in [4.69, 9.17) is 5.11 Å². The van der Waals surface area contributed by atoms with Crippen LogP contribution in [0.15, 0.2) is 28.7 Å². The highest BCUT2D eigenvalue weighted by molar-refractivity contribution is 9.10. The van der Waals surface area contributed by atoms with Gasteiger partial charge in [-0.2, -0.15) is 0 Å². The average molecular weight is 300 g/mol. The van der Waals surface area contributed by atoms with Gasteiger partial charge in [0, 0.05) is 23.2 Å². The van der Waals surface area contributed by atoms with Gasteiger partial charge in [-0.15, -0.1) is 0 Å². The normalized spacial score (nSPS) is 14.6. The monoisotopic (exact) mass is 299 g/mol. The second-order valence-electron chi connectivity index (χ2n) is 4.30. The van der Waals surface area contributed by atoms with E-state index in [1.54, 1.807) is 0 Å². The highest BCUT2D eigenvalue weighted by atomic mass is 79.9. The van der Waals surface area contributed by atoms with Crippen LogP contribution in [-0.2, 0) is 0 Å². The van der Waals surface area contributed by atoms with Crippen LogP contribution in [0.2, 0.25) is 0 Å². The first-order chi connectivity index (χ1) is 8.21. The summed E-state index contributed by atoms with van der Waals surface area (Å²) in [4.78, 5) is 0. The Balaban J connectivity index is 2.67. The Kier molecular flexibility index (Phi) is 6.78. The van der Waals surface area contributed by atoms with Crippen molar-refractivity contribution in [3.05, 3.63) is 34.3 Å². The molecule has 0 aliphatic carbocycles. The van der Waals surface area contributed by atoms with E-state index in [1.807, 2.05) is 0 Å².